The topological polar surface area (TPSA) is 101 Å². The van der Waals surface area contributed by atoms with Crippen LogP contribution in [0.5, 0.6) is 0 Å². The van der Waals surface area contributed by atoms with E-state index in [1.54, 1.807) is 12.4 Å². The van der Waals surface area contributed by atoms with Crippen molar-refractivity contribution < 1.29 is 40.9 Å². The Labute approximate surface area is 216 Å². The minimum Gasteiger partial charge on any atom is -1.00 e. The number of carbonyl (C=O) groups is 2. The van der Waals surface area contributed by atoms with Crippen LogP contribution >= 0.6 is 0 Å². The monoisotopic (exact) mass is 544 g/mol. The van der Waals surface area contributed by atoms with Crippen molar-refractivity contribution in [3.8, 4) is 0 Å². The van der Waals surface area contributed by atoms with Crippen LogP contribution in [-0.4, -0.2) is 63.7 Å². The maximum Gasteiger partial charge on any atom is 0.343 e. The van der Waals surface area contributed by atoms with Crippen molar-refractivity contribution in [1.82, 2.24) is 9.97 Å². The Morgan fingerprint density at radius 1 is 1.09 bits per heavy atom. The van der Waals surface area contributed by atoms with Gasteiger partial charge in [0.1, 0.15) is 6.54 Å². The lowest BCUT2D eigenvalue weighted by molar-refractivity contribution is -0.939. The number of hydrogen-bond acceptors (Lipinski definition) is 6. The van der Waals surface area contributed by atoms with Gasteiger partial charge in [-0.15, -0.1) is 0 Å². The first-order valence-electron chi connectivity index (χ1n) is 12.4. The zero-order valence-electron chi connectivity index (χ0n) is 19.8. The number of piperidine rings is 3. The van der Waals surface area contributed by atoms with Gasteiger partial charge in [-0.2, -0.15) is 0 Å². The number of amides is 1. The van der Waals surface area contributed by atoms with Gasteiger partial charge in [0.05, 0.1) is 19.3 Å². The summed E-state index contributed by atoms with van der Waals surface area (Å²) in [5.41, 5.74) is -1.02. The number of anilines is 1. The number of halogens is 1. The Morgan fingerprint density at radius 2 is 1.80 bits per heavy atom. The van der Waals surface area contributed by atoms with E-state index in [2.05, 4.69) is 15.3 Å². The normalized spacial score (nSPS) is 27.5. The third kappa shape index (κ3) is 5.27. The molecule has 9 heteroatoms. The van der Waals surface area contributed by atoms with E-state index >= 15 is 0 Å². The Bertz CT molecular complexity index is 1010. The first-order chi connectivity index (χ1) is 16.5. The number of hydrogen-bond donors (Lipinski definition) is 2. The largest absolute Gasteiger partial charge is 1.00 e. The molecule has 3 saturated heterocycles. The van der Waals surface area contributed by atoms with Gasteiger partial charge < -0.3 is 36.6 Å². The number of nitrogens with zero attached hydrogens (tertiary/aromatic N) is 3. The number of rotatable bonds is 7. The van der Waals surface area contributed by atoms with E-state index in [-0.39, 0.29) is 40.8 Å². The summed E-state index contributed by atoms with van der Waals surface area (Å²) >= 11 is 0. The van der Waals surface area contributed by atoms with Crippen molar-refractivity contribution in [3.05, 3.63) is 54.5 Å². The summed E-state index contributed by atoms with van der Waals surface area (Å²) in [6, 6.07) is 9.23. The molecule has 1 aromatic heterocycles. The number of esters is 1. The van der Waals surface area contributed by atoms with Crippen LogP contribution < -0.4 is 22.3 Å². The van der Waals surface area contributed by atoms with Crippen molar-refractivity contribution in [3.63, 3.8) is 0 Å². The molecule has 1 aromatic carbocycles. The number of aromatic nitrogens is 2. The molecule has 4 aliphatic rings. The maximum absolute atomic E-state index is 13.6. The van der Waals surface area contributed by atoms with Crippen molar-refractivity contribution in [2.24, 2.45) is 11.8 Å². The summed E-state index contributed by atoms with van der Waals surface area (Å²) in [6.07, 6.45) is 9.81. The second-order valence-corrected chi connectivity index (χ2v) is 10.2. The average molecular weight is 545 g/mol. The van der Waals surface area contributed by atoms with Gasteiger partial charge in [0.25, 0.3) is 5.91 Å². The number of benzene rings is 1. The van der Waals surface area contributed by atoms with E-state index in [1.807, 2.05) is 30.3 Å². The highest BCUT2D eigenvalue weighted by Crippen LogP contribution is 2.43. The predicted molar refractivity (Wildman–Crippen MR) is 125 cm³/mol. The summed E-state index contributed by atoms with van der Waals surface area (Å²) in [5.74, 6) is -0.0748. The van der Waals surface area contributed by atoms with Crippen LogP contribution in [0.1, 0.15) is 44.1 Å². The van der Waals surface area contributed by atoms with E-state index in [9.17, 15) is 14.7 Å². The van der Waals surface area contributed by atoms with E-state index in [0.29, 0.717) is 29.0 Å². The number of ether oxygens (including phenoxy) is 1. The zero-order chi connectivity index (χ0) is 23.6. The lowest BCUT2D eigenvalue weighted by Crippen LogP contribution is -3.00. The summed E-state index contributed by atoms with van der Waals surface area (Å²) in [4.78, 5) is 34.5. The van der Waals surface area contributed by atoms with Gasteiger partial charge in [-0.1, -0.05) is 43.2 Å². The molecule has 1 aliphatic carbocycles. The van der Waals surface area contributed by atoms with Gasteiger partial charge in [-0.3, -0.25) is 9.78 Å². The smallest absolute Gasteiger partial charge is 0.343 e. The molecule has 6 rings (SSSR count). The highest BCUT2D eigenvalue weighted by molar-refractivity contribution is 5.90. The van der Waals surface area contributed by atoms with Gasteiger partial charge >= 0.3 is 5.97 Å². The second-order valence-electron chi connectivity index (χ2n) is 10.2. The van der Waals surface area contributed by atoms with Crippen LogP contribution in [0.4, 0.5) is 5.82 Å². The fraction of sp³-hybridized carbons (Fsp3) is 0.538. The van der Waals surface area contributed by atoms with E-state index < -0.39 is 11.6 Å². The summed E-state index contributed by atoms with van der Waals surface area (Å²) < 4.78 is 6.71. The number of aliphatic hydroxyl groups is 1. The van der Waals surface area contributed by atoms with Crippen molar-refractivity contribution in [1.29, 1.82) is 0 Å². The minimum absolute atomic E-state index is 0. The van der Waals surface area contributed by atoms with Gasteiger partial charge in [-0.05, 0) is 18.4 Å². The van der Waals surface area contributed by atoms with E-state index in [4.69, 9.17) is 4.74 Å². The van der Waals surface area contributed by atoms with Crippen LogP contribution in [0.3, 0.4) is 0 Å². The standard InChI is InChI=1S/C26H32N4O4.BrH/c31-24(29-23-16-27-12-13-28-23)18-30-14-10-19(11-15-30)22(17-30)34-25(32)26(33,21-8-4-5-9-21)20-6-2-1-3-7-20;/h1-3,6-7,12-13,16,19,21-22,33H,4-5,8-11,14-15,17-18H2;1H/t19?,22?,26-,30?;/m0./s1. The Kier molecular flexibility index (Phi) is 7.88. The van der Waals surface area contributed by atoms with Crippen LogP contribution in [0.2, 0.25) is 0 Å². The van der Waals surface area contributed by atoms with Crippen molar-refractivity contribution in [2.75, 3.05) is 31.5 Å². The van der Waals surface area contributed by atoms with Gasteiger partial charge in [-0.25, -0.2) is 9.78 Å². The minimum atomic E-state index is -1.63. The Hall–Kier alpha value is -2.36. The maximum atomic E-state index is 13.6. The van der Waals surface area contributed by atoms with E-state index in [1.165, 1.54) is 6.20 Å². The molecule has 188 valence electrons. The molecule has 4 heterocycles. The SMILES string of the molecule is O=C(C[N+]12CCC(CC1)C(OC(=O)[C@](O)(c1ccccc1)C1CCCC1)C2)Nc1cnccn1.[Br-]. The molecule has 8 nitrogen and oxygen atoms in total. The Morgan fingerprint density at radius 3 is 2.46 bits per heavy atom. The third-order valence-corrected chi connectivity index (χ3v) is 8.08. The summed E-state index contributed by atoms with van der Waals surface area (Å²) in [6.45, 7) is 2.68. The van der Waals surface area contributed by atoms with Crippen LogP contribution in [0, 0.1) is 11.8 Å². The van der Waals surface area contributed by atoms with Crippen molar-refractivity contribution >= 4 is 17.7 Å². The van der Waals surface area contributed by atoms with Crippen LogP contribution in [0.25, 0.3) is 0 Å². The molecule has 2 atom stereocenters. The highest BCUT2D eigenvalue weighted by Gasteiger charge is 2.53. The molecule has 2 bridgehead atoms. The molecule has 3 aliphatic heterocycles. The molecule has 0 radical (unpaired) electrons. The van der Waals surface area contributed by atoms with Crippen LogP contribution in [-0.2, 0) is 19.9 Å². The Balaban J connectivity index is 0.00000289. The zero-order valence-corrected chi connectivity index (χ0v) is 21.4. The van der Waals surface area contributed by atoms with Gasteiger partial charge in [0, 0.05) is 37.1 Å². The first-order valence-corrected chi connectivity index (χ1v) is 12.4. The predicted octanol–water partition coefficient (Wildman–Crippen LogP) is -0.351. The molecule has 2 aromatic rings. The average Bonchev–Trinajstić information content (AvgIpc) is 3.40. The summed E-state index contributed by atoms with van der Waals surface area (Å²) in [7, 11) is 0. The quantitative estimate of drug-likeness (QED) is 0.365. The number of nitrogens with one attached hydrogen (secondary N) is 1. The lowest BCUT2D eigenvalue weighted by Gasteiger charge is -2.51. The second kappa shape index (κ2) is 10.7. The molecular weight excluding hydrogens is 512 g/mol. The fourth-order valence-electron chi connectivity index (χ4n) is 6.21. The molecular formula is C26H33BrN4O4. The third-order valence-electron chi connectivity index (χ3n) is 8.08. The van der Waals surface area contributed by atoms with Gasteiger partial charge in [0.15, 0.2) is 24.1 Å². The van der Waals surface area contributed by atoms with E-state index in [0.717, 1.165) is 51.6 Å². The summed E-state index contributed by atoms with van der Waals surface area (Å²) in [5, 5.41) is 14.6. The highest BCUT2D eigenvalue weighted by atomic mass is 79.9. The molecule has 1 amide bonds. The number of quaternary nitrogens is 1. The fourth-order valence-corrected chi connectivity index (χ4v) is 6.21. The number of carbonyl (C=O) groups excluding carboxylic acids is 2. The number of fused-ring (bicyclic) bond motifs is 3. The molecule has 0 spiro atoms. The molecule has 1 saturated carbocycles. The first kappa shape index (κ1) is 25.7. The van der Waals surface area contributed by atoms with Gasteiger partial charge in [0.2, 0.25) is 0 Å². The molecule has 4 fully saturated rings. The molecule has 1 unspecified atom stereocenters. The van der Waals surface area contributed by atoms with Crippen LogP contribution in [0.15, 0.2) is 48.9 Å². The lowest BCUT2D eigenvalue weighted by atomic mass is 9.79. The molecule has 35 heavy (non-hydrogen) atoms. The van der Waals surface area contributed by atoms with Crippen molar-refractivity contribution in [2.45, 2.75) is 50.2 Å². The molecule has 2 N–H and O–H groups in total.